The maximum absolute atomic E-state index is 11.8. The average Bonchev–Trinajstić information content (AvgIpc) is 2.78. The number of fused-ring (bicyclic) bond motifs is 1. The second-order valence-electron chi connectivity index (χ2n) is 4.36. The van der Waals surface area contributed by atoms with Gasteiger partial charge in [0.15, 0.2) is 11.2 Å². The van der Waals surface area contributed by atoms with Crippen LogP contribution in [0.2, 0.25) is 0 Å². The molecule has 0 spiro atoms. The lowest BCUT2D eigenvalue weighted by Crippen LogP contribution is -2.15. The predicted octanol–water partition coefficient (Wildman–Crippen LogP) is 1.86. The van der Waals surface area contributed by atoms with Crippen LogP contribution in [0.4, 0.5) is 5.82 Å². The van der Waals surface area contributed by atoms with Gasteiger partial charge in [0.25, 0.3) is 0 Å². The molecule has 0 saturated heterocycles. The van der Waals surface area contributed by atoms with Crippen LogP contribution in [-0.2, 0) is 6.54 Å². The molecule has 0 atom stereocenters. The molecule has 3 rings (SSSR count). The van der Waals surface area contributed by atoms with Crippen molar-refractivity contribution in [2.24, 2.45) is 0 Å². The molecule has 0 aliphatic heterocycles. The van der Waals surface area contributed by atoms with Gasteiger partial charge in [0.1, 0.15) is 5.82 Å². The highest BCUT2D eigenvalue weighted by molar-refractivity contribution is 5.67. The van der Waals surface area contributed by atoms with Crippen molar-refractivity contribution >= 4 is 17.0 Å². The first-order valence-corrected chi connectivity index (χ1v) is 6.41. The van der Waals surface area contributed by atoms with Gasteiger partial charge >= 0.3 is 5.76 Å². The molecule has 0 saturated carbocycles. The van der Waals surface area contributed by atoms with Crippen molar-refractivity contribution in [2.75, 3.05) is 11.9 Å². The number of nitrogens with zero attached hydrogens (tertiary/aromatic N) is 3. The van der Waals surface area contributed by atoms with Gasteiger partial charge < -0.3 is 9.73 Å². The molecule has 0 amide bonds. The van der Waals surface area contributed by atoms with E-state index in [1.165, 1.54) is 4.57 Å². The molecule has 3 aromatic rings. The Morgan fingerprint density at radius 2 is 2.20 bits per heavy atom. The number of pyridine rings is 2. The summed E-state index contributed by atoms with van der Waals surface area (Å²) in [5.74, 6) is 0.410. The third-order valence-corrected chi connectivity index (χ3v) is 2.95. The summed E-state index contributed by atoms with van der Waals surface area (Å²) >= 11 is 0. The number of anilines is 1. The standard InChI is InChI=1S/C14H14N4O2/c1-2-15-12-6-5-10(8-17-12)9-18-13-11(20-14(18)19)4-3-7-16-13/h3-8H,2,9H2,1H3,(H,15,17). The van der Waals surface area contributed by atoms with E-state index in [4.69, 9.17) is 4.42 Å². The molecule has 102 valence electrons. The molecule has 20 heavy (non-hydrogen) atoms. The Bertz CT molecular complexity index is 774. The van der Waals surface area contributed by atoms with Crippen molar-refractivity contribution in [3.8, 4) is 0 Å². The zero-order valence-electron chi connectivity index (χ0n) is 11.0. The summed E-state index contributed by atoms with van der Waals surface area (Å²) in [7, 11) is 0. The Kier molecular flexibility index (Phi) is 3.20. The fourth-order valence-electron chi connectivity index (χ4n) is 2.03. The van der Waals surface area contributed by atoms with Gasteiger partial charge in [-0.3, -0.25) is 4.57 Å². The number of aromatic nitrogens is 3. The van der Waals surface area contributed by atoms with Crippen molar-refractivity contribution in [2.45, 2.75) is 13.5 Å². The number of rotatable bonds is 4. The van der Waals surface area contributed by atoms with E-state index < -0.39 is 5.76 Å². The Morgan fingerprint density at radius 3 is 2.95 bits per heavy atom. The molecular formula is C14H14N4O2. The Morgan fingerprint density at radius 1 is 1.30 bits per heavy atom. The van der Waals surface area contributed by atoms with Crippen LogP contribution in [0, 0.1) is 0 Å². The average molecular weight is 270 g/mol. The molecule has 3 heterocycles. The molecule has 6 heteroatoms. The minimum Gasteiger partial charge on any atom is -0.406 e. The largest absolute Gasteiger partial charge is 0.421 e. The normalized spacial score (nSPS) is 10.8. The van der Waals surface area contributed by atoms with Crippen LogP contribution in [0.25, 0.3) is 11.2 Å². The van der Waals surface area contributed by atoms with E-state index >= 15 is 0 Å². The van der Waals surface area contributed by atoms with Crippen molar-refractivity contribution in [3.05, 3.63) is 52.8 Å². The first-order chi connectivity index (χ1) is 9.78. The maximum Gasteiger partial charge on any atom is 0.421 e. The highest BCUT2D eigenvalue weighted by Gasteiger charge is 2.10. The van der Waals surface area contributed by atoms with Gasteiger partial charge in [-0.15, -0.1) is 0 Å². The van der Waals surface area contributed by atoms with E-state index in [0.717, 1.165) is 17.9 Å². The van der Waals surface area contributed by atoms with Crippen molar-refractivity contribution in [1.82, 2.24) is 14.5 Å². The molecule has 0 fully saturated rings. The Hall–Kier alpha value is -2.63. The first-order valence-electron chi connectivity index (χ1n) is 6.41. The summed E-state index contributed by atoms with van der Waals surface area (Å²) in [6, 6.07) is 7.29. The Balaban J connectivity index is 1.93. The van der Waals surface area contributed by atoms with E-state index in [-0.39, 0.29) is 0 Å². The summed E-state index contributed by atoms with van der Waals surface area (Å²) in [6.45, 7) is 3.22. The Labute approximate surface area is 115 Å². The van der Waals surface area contributed by atoms with Crippen LogP contribution in [0.1, 0.15) is 12.5 Å². The van der Waals surface area contributed by atoms with E-state index in [1.54, 1.807) is 24.5 Å². The van der Waals surface area contributed by atoms with E-state index in [0.29, 0.717) is 17.8 Å². The second kappa shape index (κ2) is 5.16. The summed E-state index contributed by atoms with van der Waals surface area (Å²) in [4.78, 5) is 20.3. The predicted molar refractivity (Wildman–Crippen MR) is 75.8 cm³/mol. The molecule has 0 radical (unpaired) electrons. The van der Waals surface area contributed by atoms with Crippen LogP contribution in [0.15, 0.2) is 45.9 Å². The summed E-state index contributed by atoms with van der Waals surface area (Å²) < 4.78 is 6.64. The number of hydrogen-bond acceptors (Lipinski definition) is 5. The lowest BCUT2D eigenvalue weighted by Gasteiger charge is -2.04. The highest BCUT2D eigenvalue weighted by Crippen LogP contribution is 2.11. The first kappa shape index (κ1) is 12.4. The molecule has 0 bridgehead atoms. The van der Waals surface area contributed by atoms with E-state index in [9.17, 15) is 4.79 Å². The van der Waals surface area contributed by atoms with Gasteiger partial charge in [-0.1, -0.05) is 6.07 Å². The quantitative estimate of drug-likeness (QED) is 0.783. The zero-order chi connectivity index (χ0) is 13.9. The number of hydrogen-bond donors (Lipinski definition) is 1. The molecule has 0 aromatic carbocycles. The van der Waals surface area contributed by atoms with Gasteiger partial charge in [-0.05, 0) is 30.7 Å². The molecule has 0 unspecified atom stereocenters. The smallest absolute Gasteiger partial charge is 0.406 e. The van der Waals surface area contributed by atoms with Crippen LogP contribution in [-0.4, -0.2) is 21.1 Å². The maximum atomic E-state index is 11.8. The topological polar surface area (TPSA) is 73.0 Å². The minimum atomic E-state index is -0.408. The van der Waals surface area contributed by atoms with Crippen molar-refractivity contribution in [3.63, 3.8) is 0 Å². The molecule has 0 aliphatic rings. The molecule has 6 nitrogen and oxygen atoms in total. The third kappa shape index (κ3) is 2.27. The van der Waals surface area contributed by atoms with Crippen LogP contribution >= 0.6 is 0 Å². The summed E-state index contributed by atoms with van der Waals surface area (Å²) in [5, 5.41) is 3.12. The monoisotopic (exact) mass is 270 g/mol. The number of oxazole rings is 1. The fraction of sp³-hybridized carbons (Fsp3) is 0.214. The van der Waals surface area contributed by atoms with Gasteiger partial charge in [0.05, 0.1) is 6.54 Å². The van der Waals surface area contributed by atoms with Crippen LogP contribution in [0.3, 0.4) is 0 Å². The third-order valence-electron chi connectivity index (χ3n) is 2.95. The number of nitrogens with one attached hydrogen (secondary N) is 1. The van der Waals surface area contributed by atoms with Gasteiger partial charge in [0, 0.05) is 18.9 Å². The van der Waals surface area contributed by atoms with E-state index in [1.807, 2.05) is 19.1 Å². The van der Waals surface area contributed by atoms with Gasteiger partial charge in [-0.25, -0.2) is 14.8 Å². The molecule has 1 N–H and O–H groups in total. The lowest BCUT2D eigenvalue weighted by atomic mass is 10.3. The van der Waals surface area contributed by atoms with Crippen molar-refractivity contribution < 1.29 is 4.42 Å². The second-order valence-corrected chi connectivity index (χ2v) is 4.36. The van der Waals surface area contributed by atoms with Crippen LogP contribution in [0.5, 0.6) is 0 Å². The van der Waals surface area contributed by atoms with Gasteiger partial charge in [0.2, 0.25) is 0 Å². The SMILES string of the molecule is CCNc1ccc(Cn2c(=O)oc3cccnc32)cn1. The summed E-state index contributed by atoms with van der Waals surface area (Å²) in [6.07, 6.45) is 3.38. The highest BCUT2D eigenvalue weighted by atomic mass is 16.4. The minimum absolute atomic E-state index is 0.391. The molecule has 3 aromatic heterocycles. The van der Waals surface area contributed by atoms with Crippen molar-refractivity contribution in [1.29, 1.82) is 0 Å². The molecular weight excluding hydrogens is 256 g/mol. The zero-order valence-corrected chi connectivity index (χ0v) is 11.0. The van der Waals surface area contributed by atoms with Crippen LogP contribution < -0.4 is 11.1 Å². The summed E-state index contributed by atoms with van der Waals surface area (Å²) in [5.41, 5.74) is 1.96. The molecule has 0 aliphatic carbocycles. The lowest BCUT2D eigenvalue weighted by molar-refractivity contribution is 0.517. The van der Waals surface area contributed by atoms with Gasteiger partial charge in [-0.2, -0.15) is 0 Å². The fourth-order valence-corrected chi connectivity index (χ4v) is 2.03. The van der Waals surface area contributed by atoms with E-state index in [2.05, 4.69) is 15.3 Å².